The Morgan fingerprint density at radius 2 is 1.80 bits per heavy atom. The van der Waals surface area contributed by atoms with Crippen molar-refractivity contribution in [2.24, 2.45) is 5.92 Å². The molecule has 1 aliphatic rings. The molecule has 1 aliphatic heterocycles. The highest BCUT2D eigenvalue weighted by Crippen LogP contribution is 2.21. The molecule has 3 amide bonds. The first-order valence-electron chi connectivity index (χ1n) is 10.2. The molecule has 30 heavy (non-hydrogen) atoms. The minimum absolute atomic E-state index is 0.0126. The highest BCUT2D eigenvalue weighted by molar-refractivity contribution is 5.89. The van der Waals surface area contributed by atoms with E-state index in [0.29, 0.717) is 32.5 Å². The van der Waals surface area contributed by atoms with E-state index in [4.69, 9.17) is 0 Å². The monoisotopic (exact) mass is 412 g/mol. The van der Waals surface area contributed by atoms with Gasteiger partial charge in [-0.05, 0) is 56.8 Å². The van der Waals surface area contributed by atoms with Gasteiger partial charge < -0.3 is 20.4 Å². The number of urea groups is 1. The van der Waals surface area contributed by atoms with Crippen LogP contribution in [0.1, 0.15) is 24.4 Å². The molecule has 1 fully saturated rings. The van der Waals surface area contributed by atoms with Gasteiger partial charge in [0, 0.05) is 31.2 Å². The summed E-state index contributed by atoms with van der Waals surface area (Å²) in [5.74, 6) is -0.422. The minimum Gasteiger partial charge on any atom is -0.354 e. The van der Waals surface area contributed by atoms with Gasteiger partial charge in [0.15, 0.2) is 0 Å². The summed E-state index contributed by atoms with van der Waals surface area (Å²) in [6, 6.07) is 15.5. The average molecular weight is 413 g/mol. The van der Waals surface area contributed by atoms with Crippen molar-refractivity contribution in [2.45, 2.75) is 18.9 Å². The molecular weight excluding hydrogens is 383 g/mol. The molecule has 6 nitrogen and oxygen atoms in total. The quantitative estimate of drug-likeness (QED) is 0.763. The van der Waals surface area contributed by atoms with Gasteiger partial charge in [-0.3, -0.25) is 4.79 Å². The Balaban J connectivity index is 1.48. The number of rotatable bonds is 6. The summed E-state index contributed by atoms with van der Waals surface area (Å²) in [4.78, 5) is 28.8. The van der Waals surface area contributed by atoms with Crippen molar-refractivity contribution >= 4 is 17.6 Å². The number of benzene rings is 2. The second-order valence-corrected chi connectivity index (χ2v) is 7.84. The topological polar surface area (TPSA) is 64.7 Å². The zero-order valence-electron chi connectivity index (χ0n) is 17.5. The standard InChI is InChI=1S/C23H29FN4O2/c1-27(2)21(18-7-6-8-19(24)15-18)16-25-22(29)17-11-13-28(14-12-17)23(30)26-20-9-4-3-5-10-20/h3-10,15,17,21H,11-14,16H2,1-2H3,(H,25,29)(H,26,30)/t21-/m0/s1. The van der Waals surface area contributed by atoms with Crippen molar-refractivity contribution in [2.75, 3.05) is 39.0 Å². The van der Waals surface area contributed by atoms with Gasteiger partial charge in [-0.1, -0.05) is 30.3 Å². The third kappa shape index (κ3) is 5.79. The average Bonchev–Trinajstić information content (AvgIpc) is 2.74. The maximum absolute atomic E-state index is 13.6. The van der Waals surface area contributed by atoms with Crippen LogP contribution >= 0.6 is 0 Å². The summed E-state index contributed by atoms with van der Waals surface area (Å²) in [5, 5.41) is 5.89. The van der Waals surface area contributed by atoms with E-state index >= 15 is 0 Å². The summed E-state index contributed by atoms with van der Waals surface area (Å²) in [6.07, 6.45) is 1.25. The van der Waals surface area contributed by atoms with E-state index < -0.39 is 0 Å². The zero-order valence-corrected chi connectivity index (χ0v) is 17.5. The molecule has 0 aliphatic carbocycles. The number of amides is 3. The molecule has 2 aromatic carbocycles. The number of hydrogen-bond acceptors (Lipinski definition) is 3. The predicted octanol–water partition coefficient (Wildman–Crippen LogP) is 3.49. The Bertz CT molecular complexity index is 851. The summed E-state index contributed by atoms with van der Waals surface area (Å²) < 4.78 is 13.6. The van der Waals surface area contributed by atoms with Gasteiger partial charge in [0.05, 0.1) is 6.04 Å². The van der Waals surface area contributed by atoms with Crippen LogP contribution in [0.4, 0.5) is 14.9 Å². The molecule has 0 unspecified atom stereocenters. The number of piperidine rings is 1. The minimum atomic E-state index is -0.285. The van der Waals surface area contributed by atoms with Crippen LogP contribution in [-0.2, 0) is 4.79 Å². The number of carbonyl (C=O) groups excluding carboxylic acids is 2. The van der Waals surface area contributed by atoms with E-state index in [1.54, 1.807) is 11.0 Å². The Kier molecular flexibility index (Phi) is 7.41. The Morgan fingerprint density at radius 1 is 1.10 bits per heavy atom. The molecule has 2 N–H and O–H groups in total. The molecule has 1 atom stereocenters. The second kappa shape index (κ2) is 10.2. The second-order valence-electron chi connectivity index (χ2n) is 7.84. The van der Waals surface area contributed by atoms with Crippen LogP contribution < -0.4 is 10.6 Å². The van der Waals surface area contributed by atoms with Crippen molar-refractivity contribution in [3.05, 3.63) is 66.0 Å². The Morgan fingerprint density at radius 3 is 2.43 bits per heavy atom. The SMILES string of the molecule is CN(C)[C@@H](CNC(=O)C1CCN(C(=O)Nc2ccccc2)CC1)c1cccc(F)c1. The van der Waals surface area contributed by atoms with Crippen LogP contribution in [0.5, 0.6) is 0 Å². The van der Waals surface area contributed by atoms with Gasteiger partial charge in [-0.15, -0.1) is 0 Å². The third-order valence-electron chi connectivity index (χ3n) is 5.50. The number of nitrogens with one attached hydrogen (secondary N) is 2. The molecule has 0 spiro atoms. The number of likely N-dealkylation sites (tertiary alicyclic amines) is 1. The molecule has 0 saturated carbocycles. The maximum Gasteiger partial charge on any atom is 0.321 e. The molecule has 0 bridgehead atoms. The van der Waals surface area contributed by atoms with E-state index in [1.165, 1.54) is 12.1 Å². The summed E-state index contributed by atoms with van der Waals surface area (Å²) in [6.45, 7) is 1.49. The van der Waals surface area contributed by atoms with E-state index in [1.807, 2.05) is 55.4 Å². The molecule has 2 aromatic rings. The first kappa shape index (κ1) is 21.8. The summed E-state index contributed by atoms with van der Waals surface area (Å²) >= 11 is 0. The van der Waals surface area contributed by atoms with E-state index in [0.717, 1.165) is 11.3 Å². The van der Waals surface area contributed by atoms with Gasteiger partial charge in [-0.2, -0.15) is 0 Å². The van der Waals surface area contributed by atoms with Crippen LogP contribution in [0.3, 0.4) is 0 Å². The lowest BCUT2D eigenvalue weighted by Gasteiger charge is -2.32. The highest BCUT2D eigenvalue weighted by atomic mass is 19.1. The smallest absolute Gasteiger partial charge is 0.321 e. The first-order valence-corrected chi connectivity index (χ1v) is 10.2. The Labute approximate surface area is 177 Å². The maximum atomic E-state index is 13.6. The van der Waals surface area contributed by atoms with Crippen LogP contribution in [0.25, 0.3) is 0 Å². The molecule has 0 aromatic heterocycles. The molecule has 1 saturated heterocycles. The summed E-state index contributed by atoms with van der Waals surface area (Å²) in [7, 11) is 3.82. The van der Waals surface area contributed by atoms with Gasteiger partial charge in [0.2, 0.25) is 5.91 Å². The molecule has 160 valence electrons. The number of anilines is 1. The number of halogens is 1. The van der Waals surface area contributed by atoms with Crippen LogP contribution in [0.2, 0.25) is 0 Å². The highest BCUT2D eigenvalue weighted by Gasteiger charge is 2.28. The van der Waals surface area contributed by atoms with E-state index in [2.05, 4.69) is 10.6 Å². The van der Waals surface area contributed by atoms with Crippen molar-refractivity contribution in [3.63, 3.8) is 0 Å². The Hall–Kier alpha value is -2.93. The largest absolute Gasteiger partial charge is 0.354 e. The number of para-hydroxylation sites is 1. The van der Waals surface area contributed by atoms with Crippen molar-refractivity contribution in [1.29, 1.82) is 0 Å². The first-order chi connectivity index (χ1) is 14.4. The lowest BCUT2D eigenvalue weighted by Crippen LogP contribution is -2.45. The fourth-order valence-electron chi connectivity index (χ4n) is 3.72. The van der Waals surface area contributed by atoms with E-state index in [9.17, 15) is 14.0 Å². The van der Waals surface area contributed by atoms with Gasteiger partial charge in [-0.25, -0.2) is 9.18 Å². The molecule has 0 radical (unpaired) electrons. The fraction of sp³-hybridized carbons (Fsp3) is 0.391. The van der Waals surface area contributed by atoms with Crippen molar-refractivity contribution in [1.82, 2.24) is 15.1 Å². The molecular formula is C23H29FN4O2. The number of nitrogens with zero attached hydrogens (tertiary/aromatic N) is 2. The molecule has 1 heterocycles. The van der Waals surface area contributed by atoms with Gasteiger partial charge >= 0.3 is 6.03 Å². The zero-order chi connectivity index (χ0) is 21.5. The lowest BCUT2D eigenvalue weighted by molar-refractivity contribution is -0.126. The summed E-state index contributed by atoms with van der Waals surface area (Å²) in [5.41, 5.74) is 1.59. The number of carbonyl (C=O) groups is 2. The molecule has 3 rings (SSSR count). The van der Waals surface area contributed by atoms with Crippen LogP contribution in [0.15, 0.2) is 54.6 Å². The third-order valence-corrected chi connectivity index (χ3v) is 5.50. The normalized spacial score (nSPS) is 15.7. The lowest BCUT2D eigenvalue weighted by atomic mass is 9.95. The van der Waals surface area contributed by atoms with Crippen molar-refractivity contribution in [3.8, 4) is 0 Å². The molecule has 7 heteroatoms. The van der Waals surface area contributed by atoms with Crippen molar-refractivity contribution < 1.29 is 14.0 Å². The number of likely N-dealkylation sites (N-methyl/N-ethyl adjacent to an activating group) is 1. The fourth-order valence-corrected chi connectivity index (χ4v) is 3.72. The van der Waals surface area contributed by atoms with Gasteiger partial charge in [0.25, 0.3) is 0 Å². The van der Waals surface area contributed by atoms with Crippen LogP contribution in [0, 0.1) is 11.7 Å². The predicted molar refractivity (Wildman–Crippen MR) is 116 cm³/mol. The van der Waals surface area contributed by atoms with Gasteiger partial charge in [0.1, 0.15) is 5.82 Å². The van der Waals surface area contributed by atoms with Crippen LogP contribution in [-0.4, -0.2) is 55.5 Å². The van der Waals surface area contributed by atoms with E-state index in [-0.39, 0.29) is 29.7 Å². The number of hydrogen-bond donors (Lipinski definition) is 2.